The third kappa shape index (κ3) is 4.48. The standard InChI is InChI=1S/C15H16F3N3O2/c1-20(10-13-19-7-8-21(13)15(17)18)14(22)6-9-23-12-5-3-2-4-11(12)16/h2-5,7-8,15H,6,9-10H2,1H3. The Morgan fingerprint density at radius 1 is 1.39 bits per heavy atom. The predicted octanol–water partition coefficient (Wildman–Crippen LogP) is 2.84. The number of hydrogen-bond donors (Lipinski definition) is 0. The van der Waals surface area contributed by atoms with Crippen molar-refractivity contribution in [2.45, 2.75) is 19.5 Å². The molecular weight excluding hydrogens is 311 g/mol. The highest BCUT2D eigenvalue weighted by atomic mass is 19.3. The third-order valence-electron chi connectivity index (χ3n) is 3.17. The Kier molecular flexibility index (Phi) is 5.61. The molecule has 2 rings (SSSR count). The molecule has 0 saturated carbocycles. The summed E-state index contributed by atoms with van der Waals surface area (Å²) in [4.78, 5) is 17.0. The number of benzene rings is 1. The predicted molar refractivity (Wildman–Crippen MR) is 76.5 cm³/mol. The SMILES string of the molecule is CN(Cc1nccn1C(F)F)C(=O)CCOc1ccccc1F. The number of para-hydroxylation sites is 1. The molecular formula is C15H16F3N3O2. The normalized spacial score (nSPS) is 10.8. The molecule has 0 N–H and O–H groups in total. The molecule has 0 unspecified atom stereocenters. The van der Waals surface area contributed by atoms with Gasteiger partial charge in [0.2, 0.25) is 5.91 Å². The summed E-state index contributed by atoms with van der Waals surface area (Å²) < 4.78 is 44.6. The minimum Gasteiger partial charge on any atom is -0.490 e. The van der Waals surface area contributed by atoms with Crippen molar-refractivity contribution in [1.82, 2.24) is 14.5 Å². The van der Waals surface area contributed by atoms with E-state index in [9.17, 15) is 18.0 Å². The monoisotopic (exact) mass is 327 g/mol. The van der Waals surface area contributed by atoms with E-state index < -0.39 is 12.4 Å². The molecule has 1 aromatic carbocycles. The van der Waals surface area contributed by atoms with E-state index in [-0.39, 0.29) is 37.1 Å². The number of rotatable bonds is 7. The minimum atomic E-state index is -2.71. The van der Waals surface area contributed by atoms with Gasteiger partial charge in [-0.05, 0) is 12.1 Å². The van der Waals surface area contributed by atoms with Gasteiger partial charge in [-0.2, -0.15) is 8.78 Å². The number of amides is 1. The third-order valence-corrected chi connectivity index (χ3v) is 3.17. The second-order valence-corrected chi connectivity index (χ2v) is 4.81. The Labute approximate surface area is 131 Å². The number of hydrogen-bond acceptors (Lipinski definition) is 3. The van der Waals surface area contributed by atoms with E-state index in [2.05, 4.69) is 4.98 Å². The Morgan fingerprint density at radius 3 is 2.83 bits per heavy atom. The first-order valence-corrected chi connectivity index (χ1v) is 6.90. The van der Waals surface area contributed by atoms with Gasteiger partial charge in [-0.15, -0.1) is 0 Å². The van der Waals surface area contributed by atoms with Crippen molar-refractivity contribution in [1.29, 1.82) is 0 Å². The Balaban J connectivity index is 1.83. The van der Waals surface area contributed by atoms with E-state index in [1.165, 1.54) is 36.3 Å². The number of ether oxygens (including phenoxy) is 1. The molecule has 0 fully saturated rings. The van der Waals surface area contributed by atoms with Gasteiger partial charge in [0, 0.05) is 19.4 Å². The number of aromatic nitrogens is 2. The molecule has 23 heavy (non-hydrogen) atoms. The van der Waals surface area contributed by atoms with Gasteiger partial charge in [0.25, 0.3) is 0 Å². The molecule has 0 saturated heterocycles. The van der Waals surface area contributed by atoms with E-state index in [1.807, 2.05) is 0 Å². The zero-order valence-electron chi connectivity index (χ0n) is 12.5. The maximum atomic E-state index is 13.3. The molecule has 0 spiro atoms. The first-order valence-electron chi connectivity index (χ1n) is 6.90. The van der Waals surface area contributed by atoms with Crippen LogP contribution in [0.4, 0.5) is 13.2 Å². The molecule has 1 amide bonds. The van der Waals surface area contributed by atoms with Crippen molar-refractivity contribution in [3.63, 3.8) is 0 Å². The topological polar surface area (TPSA) is 47.4 Å². The number of alkyl halides is 2. The van der Waals surface area contributed by atoms with E-state index in [0.717, 1.165) is 6.20 Å². The second kappa shape index (κ2) is 7.66. The van der Waals surface area contributed by atoms with Crippen molar-refractivity contribution in [3.05, 3.63) is 48.3 Å². The van der Waals surface area contributed by atoms with Gasteiger partial charge in [0.05, 0.1) is 19.6 Å². The van der Waals surface area contributed by atoms with E-state index >= 15 is 0 Å². The van der Waals surface area contributed by atoms with Crippen LogP contribution in [-0.2, 0) is 11.3 Å². The number of carbonyl (C=O) groups excluding carboxylic acids is 1. The average molecular weight is 327 g/mol. The molecule has 8 heteroatoms. The van der Waals surface area contributed by atoms with Crippen LogP contribution in [0.1, 0.15) is 18.8 Å². The summed E-state index contributed by atoms with van der Waals surface area (Å²) in [5.41, 5.74) is 0. The summed E-state index contributed by atoms with van der Waals surface area (Å²) in [7, 11) is 1.48. The quantitative estimate of drug-likeness (QED) is 0.786. The van der Waals surface area contributed by atoms with E-state index in [4.69, 9.17) is 4.74 Å². The first-order chi connectivity index (χ1) is 11.0. The Bertz CT molecular complexity index is 661. The molecule has 0 bridgehead atoms. The van der Waals surface area contributed by atoms with E-state index in [1.54, 1.807) is 6.07 Å². The largest absolute Gasteiger partial charge is 0.490 e. The van der Waals surface area contributed by atoms with Gasteiger partial charge < -0.3 is 9.64 Å². The molecule has 124 valence electrons. The summed E-state index contributed by atoms with van der Waals surface area (Å²) in [6.45, 7) is -2.76. The fraction of sp³-hybridized carbons (Fsp3) is 0.333. The molecule has 5 nitrogen and oxygen atoms in total. The molecule has 2 aromatic rings. The van der Waals surface area contributed by atoms with Gasteiger partial charge in [-0.25, -0.2) is 9.37 Å². The van der Waals surface area contributed by atoms with Crippen LogP contribution >= 0.6 is 0 Å². The average Bonchev–Trinajstić information content (AvgIpc) is 2.97. The number of imidazole rings is 1. The smallest absolute Gasteiger partial charge is 0.319 e. The number of nitrogens with zero attached hydrogens (tertiary/aromatic N) is 3. The van der Waals surface area contributed by atoms with Crippen molar-refractivity contribution >= 4 is 5.91 Å². The van der Waals surface area contributed by atoms with E-state index in [0.29, 0.717) is 4.57 Å². The van der Waals surface area contributed by atoms with Crippen LogP contribution < -0.4 is 4.74 Å². The summed E-state index contributed by atoms with van der Waals surface area (Å²) in [5, 5.41) is 0. The van der Waals surface area contributed by atoms with Crippen molar-refractivity contribution < 1.29 is 22.7 Å². The number of carbonyl (C=O) groups is 1. The first kappa shape index (κ1) is 16.9. The van der Waals surface area contributed by atoms with Gasteiger partial charge in [0.15, 0.2) is 11.6 Å². The zero-order chi connectivity index (χ0) is 16.8. The molecule has 1 aromatic heterocycles. The molecule has 0 aliphatic carbocycles. The molecule has 0 radical (unpaired) electrons. The van der Waals surface area contributed by atoms with Crippen LogP contribution in [0, 0.1) is 5.82 Å². The van der Waals surface area contributed by atoms with Gasteiger partial charge in [0.1, 0.15) is 5.82 Å². The summed E-state index contributed by atoms with van der Waals surface area (Å²) in [6.07, 6.45) is 2.40. The summed E-state index contributed by atoms with van der Waals surface area (Å²) >= 11 is 0. The lowest BCUT2D eigenvalue weighted by molar-refractivity contribution is -0.131. The van der Waals surface area contributed by atoms with Crippen molar-refractivity contribution in [3.8, 4) is 5.75 Å². The van der Waals surface area contributed by atoms with Crippen LogP contribution in [0.15, 0.2) is 36.7 Å². The van der Waals surface area contributed by atoms with Crippen LogP contribution in [0.3, 0.4) is 0 Å². The number of halogens is 3. The highest BCUT2D eigenvalue weighted by Gasteiger charge is 2.16. The summed E-state index contributed by atoms with van der Waals surface area (Å²) in [5.74, 6) is -0.667. The fourth-order valence-corrected chi connectivity index (χ4v) is 1.95. The van der Waals surface area contributed by atoms with Gasteiger partial charge in [-0.3, -0.25) is 9.36 Å². The molecule has 0 aliphatic heterocycles. The maximum absolute atomic E-state index is 13.3. The van der Waals surface area contributed by atoms with Crippen LogP contribution in [-0.4, -0.2) is 34.0 Å². The lowest BCUT2D eigenvalue weighted by Gasteiger charge is -2.17. The van der Waals surface area contributed by atoms with Crippen LogP contribution in [0.2, 0.25) is 0 Å². The lowest BCUT2D eigenvalue weighted by Crippen LogP contribution is -2.29. The van der Waals surface area contributed by atoms with Gasteiger partial charge in [-0.1, -0.05) is 12.1 Å². The second-order valence-electron chi connectivity index (χ2n) is 4.81. The van der Waals surface area contributed by atoms with Gasteiger partial charge >= 0.3 is 6.55 Å². The van der Waals surface area contributed by atoms with Crippen LogP contribution in [0.25, 0.3) is 0 Å². The fourth-order valence-electron chi connectivity index (χ4n) is 1.95. The Morgan fingerprint density at radius 2 is 2.13 bits per heavy atom. The molecule has 0 atom stereocenters. The molecule has 0 aliphatic rings. The van der Waals surface area contributed by atoms with Crippen molar-refractivity contribution in [2.75, 3.05) is 13.7 Å². The summed E-state index contributed by atoms with van der Waals surface area (Å²) in [6, 6.07) is 5.87. The molecule has 1 heterocycles. The van der Waals surface area contributed by atoms with Crippen LogP contribution in [0.5, 0.6) is 5.75 Å². The lowest BCUT2D eigenvalue weighted by atomic mass is 10.3. The highest BCUT2D eigenvalue weighted by Crippen LogP contribution is 2.16. The highest BCUT2D eigenvalue weighted by molar-refractivity contribution is 5.75. The Hall–Kier alpha value is -2.51. The zero-order valence-corrected chi connectivity index (χ0v) is 12.5. The van der Waals surface area contributed by atoms with Crippen molar-refractivity contribution in [2.24, 2.45) is 0 Å². The maximum Gasteiger partial charge on any atom is 0.319 e. The minimum absolute atomic E-state index is 0.000220.